The van der Waals surface area contributed by atoms with Crippen molar-refractivity contribution in [3.63, 3.8) is 0 Å². The quantitative estimate of drug-likeness (QED) is 0.524. The van der Waals surface area contributed by atoms with E-state index in [1.54, 1.807) is 13.2 Å². The van der Waals surface area contributed by atoms with E-state index in [-0.39, 0.29) is 5.60 Å². The van der Waals surface area contributed by atoms with Gasteiger partial charge in [-0.2, -0.15) is 0 Å². The maximum atomic E-state index is 5.42. The van der Waals surface area contributed by atoms with Gasteiger partial charge in [0.05, 0.1) is 5.60 Å². The van der Waals surface area contributed by atoms with Crippen LogP contribution in [0.1, 0.15) is 38.4 Å². The van der Waals surface area contributed by atoms with Crippen LogP contribution in [0.4, 0.5) is 11.6 Å². The van der Waals surface area contributed by atoms with Crippen LogP contribution < -0.4 is 16.6 Å². The average molecular weight is 251 g/mol. The molecule has 0 atom stereocenters. The summed E-state index contributed by atoms with van der Waals surface area (Å²) in [5, 5.41) is 3.26. The second-order valence-corrected chi connectivity index (χ2v) is 5.23. The molecule has 1 heterocycles. The molecule has 4 N–H and O–H groups in total. The van der Waals surface area contributed by atoms with Crippen molar-refractivity contribution in [2.24, 2.45) is 5.84 Å². The fourth-order valence-corrected chi connectivity index (χ4v) is 1.53. The third-order valence-corrected chi connectivity index (χ3v) is 3.08. The van der Waals surface area contributed by atoms with E-state index in [1.165, 1.54) is 0 Å². The molecular formula is C12H21N5O. The van der Waals surface area contributed by atoms with Gasteiger partial charge in [-0.15, -0.1) is 0 Å². The molecule has 1 aliphatic rings. The molecule has 0 radical (unpaired) electrons. The molecule has 0 saturated heterocycles. The predicted octanol–water partition coefficient (Wildman–Crippen LogP) is 1.48. The van der Waals surface area contributed by atoms with Gasteiger partial charge in [0.2, 0.25) is 0 Å². The van der Waals surface area contributed by atoms with E-state index in [0.717, 1.165) is 24.5 Å². The minimum Gasteiger partial charge on any atom is -0.377 e. The Morgan fingerprint density at radius 3 is 2.61 bits per heavy atom. The number of anilines is 2. The van der Waals surface area contributed by atoms with Crippen LogP contribution in [0.2, 0.25) is 0 Å². The topological polar surface area (TPSA) is 85.1 Å². The maximum absolute atomic E-state index is 5.42. The van der Waals surface area contributed by atoms with Gasteiger partial charge in [0, 0.05) is 25.6 Å². The first-order valence-electron chi connectivity index (χ1n) is 6.19. The zero-order valence-corrected chi connectivity index (χ0v) is 11.2. The number of nitrogen functional groups attached to an aromatic ring is 1. The Bertz CT molecular complexity index is 417. The molecule has 1 fully saturated rings. The molecule has 1 aliphatic carbocycles. The second kappa shape index (κ2) is 5.07. The highest BCUT2D eigenvalue weighted by Crippen LogP contribution is 2.38. The Labute approximate surface area is 107 Å². The van der Waals surface area contributed by atoms with Gasteiger partial charge in [-0.25, -0.2) is 15.8 Å². The molecule has 0 unspecified atom stereocenters. The lowest BCUT2D eigenvalue weighted by Gasteiger charge is -2.23. The van der Waals surface area contributed by atoms with Crippen LogP contribution >= 0.6 is 0 Å². The summed E-state index contributed by atoms with van der Waals surface area (Å²) < 4.78 is 5.36. The Morgan fingerprint density at radius 2 is 2.06 bits per heavy atom. The number of hydrazine groups is 1. The predicted molar refractivity (Wildman–Crippen MR) is 71.4 cm³/mol. The first-order valence-corrected chi connectivity index (χ1v) is 6.19. The lowest BCUT2D eigenvalue weighted by Crippen LogP contribution is -2.32. The van der Waals surface area contributed by atoms with Gasteiger partial charge in [-0.05, 0) is 26.7 Å². The summed E-state index contributed by atoms with van der Waals surface area (Å²) >= 11 is 0. The van der Waals surface area contributed by atoms with Crippen molar-refractivity contribution in [1.82, 2.24) is 9.97 Å². The van der Waals surface area contributed by atoms with E-state index in [4.69, 9.17) is 10.6 Å². The van der Waals surface area contributed by atoms with Crippen LogP contribution in [0.15, 0.2) is 6.07 Å². The summed E-state index contributed by atoms with van der Waals surface area (Å²) in [6.45, 7) is 4.71. The van der Waals surface area contributed by atoms with Gasteiger partial charge in [-0.1, -0.05) is 0 Å². The minimum absolute atomic E-state index is 0.235. The standard InChI is InChI=1S/C12H21N5O/c1-12(2,18-3)7-14-9-6-10(17-13)16-11(15-9)8-4-5-8/h6,8H,4-5,7,13H2,1-3H3,(H2,14,15,16,17). The van der Waals surface area contributed by atoms with Crippen LogP contribution in [-0.4, -0.2) is 29.2 Å². The van der Waals surface area contributed by atoms with Crippen molar-refractivity contribution < 1.29 is 4.74 Å². The summed E-state index contributed by atoms with van der Waals surface area (Å²) in [7, 11) is 1.70. The smallest absolute Gasteiger partial charge is 0.145 e. The molecule has 0 bridgehead atoms. The number of aromatic nitrogens is 2. The van der Waals surface area contributed by atoms with E-state index in [2.05, 4.69) is 20.7 Å². The van der Waals surface area contributed by atoms with E-state index in [9.17, 15) is 0 Å². The highest BCUT2D eigenvalue weighted by Gasteiger charge is 2.27. The van der Waals surface area contributed by atoms with Crippen LogP contribution in [0, 0.1) is 0 Å². The number of hydrogen-bond acceptors (Lipinski definition) is 6. The van der Waals surface area contributed by atoms with Crippen LogP contribution in [0.5, 0.6) is 0 Å². The van der Waals surface area contributed by atoms with Gasteiger partial charge in [0.25, 0.3) is 0 Å². The zero-order valence-electron chi connectivity index (χ0n) is 11.2. The fraction of sp³-hybridized carbons (Fsp3) is 0.667. The zero-order chi connectivity index (χ0) is 13.2. The number of nitrogens with one attached hydrogen (secondary N) is 2. The van der Waals surface area contributed by atoms with Crippen molar-refractivity contribution in [3.8, 4) is 0 Å². The molecular weight excluding hydrogens is 230 g/mol. The molecule has 0 amide bonds. The molecule has 0 spiro atoms. The lowest BCUT2D eigenvalue weighted by molar-refractivity contribution is 0.0343. The van der Waals surface area contributed by atoms with Gasteiger partial charge >= 0.3 is 0 Å². The summed E-state index contributed by atoms with van der Waals surface area (Å²) in [5.74, 6) is 8.21. The molecule has 1 saturated carbocycles. The Hall–Kier alpha value is -1.40. The molecule has 6 nitrogen and oxygen atoms in total. The van der Waals surface area contributed by atoms with E-state index >= 15 is 0 Å². The highest BCUT2D eigenvalue weighted by molar-refractivity contribution is 5.47. The van der Waals surface area contributed by atoms with Crippen molar-refractivity contribution >= 4 is 11.6 Å². The molecule has 100 valence electrons. The Balaban J connectivity index is 2.09. The van der Waals surface area contributed by atoms with Gasteiger partial charge in [-0.3, -0.25) is 0 Å². The van der Waals surface area contributed by atoms with Crippen LogP contribution in [0.25, 0.3) is 0 Å². The van der Waals surface area contributed by atoms with E-state index < -0.39 is 0 Å². The van der Waals surface area contributed by atoms with Crippen molar-refractivity contribution in [3.05, 3.63) is 11.9 Å². The number of nitrogens with zero attached hydrogens (tertiary/aromatic N) is 2. The molecule has 0 aromatic carbocycles. The van der Waals surface area contributed by atoms with Gasteiger partial charge in [0.1, 0.15) is 17.5 Å². The summed E-state index contributed by atoms with van der Waals surface area (Å²) in [4.78, 5) is 8.87. The Kier molecular flexibility index (Phi) is 3.68. The number of methoxy groups -OCH3 is 1. The summed E-state index contributed by atoms with van der Waals surface area (Å²) in [6.07, 6.45) is 2.33. The average Bonchev–Trinajstić information content (AvgIpc) is 3.20. The van der Waals surface area contributed by atoms with Gasteiger partial charge < -0.3 is 15.5 Å². The third-order valence-electron chi connectivity index (χ3n) is 3.08. The largest absolute Gasteiger partial charge is 0.377 e. The monoisotopic (exact) mass is 251 g/mol. The second-order valence-electron chi connectivity index (χ2n) is 5.23. The minimum atomic E-state index is -0.235. The molecule has 1 aromatic rings. The van der Waals surface area contributed by atoms with Crippen molar-refractivity contribution in [2.45, 2.75) is 38.2 Å². The normalized spacial score (nSPS) is 15.6. The summed E-state index contributed by atoms with van der Waals surface area (Å²) in [6, 6.07) is 1.80. The molecule has 6 heteroatoms. The number of rotatable bonds is 6. The summed E-state index contributed by atoms with van der Waals surface area (Å²) in [5.41, 5.74) is 2.34. The molecule has 1 aromatic heterocycles. The number of ether oxygens (including phenoxy) is 1. The van der Waals surface area contributed by atoms with E-state index in [1.807, 2.05) is 13.8 Å². The van der Waals surface area contributed by atoms with E-state index in [0.29, 0.717) is 18.3 Å². The first kappa shape index (κ1) is 13.0. The number of hydrogen-bond donors (Lipinski definition) is 3. The van der Waals surface area contributed by atoms with Crippen molar-refractivity contribution in [1.29, 1.82) is 0 Å². The molecule has 0 aliphatic heterocycles. The number of nitrogens with two attached hydrogens (primary N) is 1. The van der Waals surface area contributed by atoms with Gasteiger partial charge in [0.15, 0.2) is 0 Å². The SMILES string of the molecule is COC(C)(C)CNc1cc(NN)nc(C2CC2)n1. The Morgan fingerprint density at radius 1 is 1.39 bits per heavy atom. The van der Waals surface area contributed by atoms with Crippen LogP contribution in [-0.2, 0) is 4.74 Å². The first-order chi connectivity index (χ1) is 8.54. The highest BCUT2D eigenvalue weighted by atomic mass is 16.5. The fourth-order valence-electron chi connectivity index (χ4n) is 1.53. The lowest BCUT2D eigenvalue weighted by atomic mass is 10.1. The third kappa shape index (κ3) is 3.30. The maximum Gasteiger partial charge on any atom is 0.145 e. The van der Waals surface area contributed by atoms with Crippen LogP contribution in [0.3, 0.4) is 0 Å². The van der Waals surface area contributed by atoms with Crippen molar-refractivity contribution in [2.75, 3.05) is 24.4 Å². The molecule has 18 heavy (non-hydrogen) atoms. The molecule has 2 rings (SSSR count).